The van der Waals surface area contributed by atoms with Gasteiger partial charge in [0.25, 0.3) is 11.1 Å². The van der Waals surface area contributed by atoms with E-state index in [9.17, 15) is 18.4 Å². The highest BCUT2D eigenvalue weighted by Crippen LogP contribution is 2.38. The van der Waals surface area contributed by atoms with E-state index in [0.717, 1.165) is 75.6 Å². The van der Waals surface area contributed by atoms with Gasteiger partial charge in [-0.05, 0) is 175 Å². The topological polar surface area (TPSA) is 194 Å². The molecule has 5 aliphatic rings. The maximum absolute atomic E-state index is 14.4. The summed E-state index contributed by atoms with van der Waals surface area (Å²) in [5.41, 5.74) is 3.40. The fourth-order valence-corrected chi connectivity index (χ4v) is 10.4. The predicted octanol–water partition coefficient (Wildman–Crippen LogP) is 8.91. The first kappa shape index (κ1) is 48.5. The molecule has 6 aromatic heterocycles. The minimum absolute atomic E-state index is 0.138. The zero-order valence-electron chi connectivity index (χ0n) is 41.2. The van der Waals surface area contributed by atoms with Crippen LogP contribution in [0.15, 0.2) is 71.6 Å². The van der Waals surface area contributed by atoms with E-state index in [1.165, 1.54) is 37.8 Å². The van der Waals surface area contributed by atoms with E-state index in [-0.39, 0.29) is 33.6 Å². The molecule has 8 aromatic rings. The molecule has 0 radical (unpaired) electrons. The lowest BCUT2D eigenvalue weighted by Gasteiger charge is -2.32. The summed E-state index contributed by atoms with van der Waals surface area (Å²) in [5, 5.41) is 0. The Morgan fingerprint density at radius 2 is 1.07 bits per heavy atom. The van der Waals surface area contributed by atoms with Crippen LogP contribution in [0.3, 0.4) is 0 Å². The Hall–Kier alpha value is -5.80. The zero-order valence-corrected chi connectivity index (χ0v) is 42.7. The van der Waals surface area contributed by atoms with Gasteiger partial charge in [0, 0.05) is 43.3 Å². The van der Waals surface area contributed by atoms with Crippen molar-refractivity contribution in [2.75, 3.05) is 26.2 Å². The Balaban J connectivity index is 0.000000121. The first-order chi connectivity index (χ1) is 34.4. The van der Waals surface area contributed by atoms with Crippen molar-refractivity contribution < 1.29 is 26.9 Å². The summed E-state index contributed by atoms with van der Waals surface area (Å²) in [6.07, 6.45) is 9.52. The molecule has 2 saturated carbocycles. The summed E-state index contributed by atoms with van der Waals surface area (Å²) < 4.78 is 51.8. The minimum Gasteiger partial charge on any atom is -0.441 e. The van der Waals surface area contributed by atoms with Crippen LogP contribution in [-0.4, -0.2) is 106 Å². The molecule has 3 aliphatic heterocycles. The lowest BCUT2D eigenvalue weighted by Crippen LogP contribution is -2.41. The molecule has 0 atom stereocenters. The van der Waals surface area contributed by atoms with Crippen LogP contribution >= 0.6 is 15.9 Å². The quantitative estimate of drug-likeness (QED) is 0.118. The van der Waals surface area contributed by atoms with Crippen molar-refractivity contribution >= 4 is 72.8 Å². The number of aromatic nitrogens is 8. The van der Waals surface area contributed by atoms with E-state index in [0.29, 0.717) is 66.7 Å². The maximum Gasteiger partial charge on any atom is 0.495 e. The van der Waals surface area contributed by atoms with E-state index < -0.39 is 30.0 Å². The first-order valence-corrected chi connectivity index (χ1v) is 25.7. The average Bonchev–Trinajstić information content (AvgIpc) is 4.29. The molecule has 0 unspecified atom stereocenters. The van der Waals surface area contributed by atoms with Gasteiger partial charge in [-0.3, -0.25) is 9.59 Å². The third-order valence-corrected chi connectivity index (χ3v) is 15.5. The Morgan fingerprint density at radius 3 is 1.58 bits per heavy atom. The Bertz CT molecular complexity index is 3470. The molecule has 2 aromatic carbocycles. The number of benzene rings is 2. The summed E-state index contributed by atoms with van der Waals surface area (Å²) in [5.74, 6) is 2.12. The molecule has 2 N–H and O–H groups in total. The van der Waals surface area contributed by atoms with Gasteiger partial charge in [-0.2, -0.15) is 0 Å². The van der Waals surface area contributed by atoms with E-state index in [4.69, 9.17) is 23.1 Å². The average molecular weight is 1050 g/mol. The number of nitrogens with one attached hydrogen (secondary N) is 2. The van der Waals surface area contributed by atoms with Crippen LogP contribution in [0, 0.1) is 25.5 Å². The third kappa shape index (κ3) is 9.87. The van der Waals surface area contributed by atoms with Crippen molar-refractivity contribution in [3.05, 3.63) is 109 Å². The molecule has 20 heteroatoms. The molecule has 0 bridgehead atoms. The van der Waals surface area contributed by atoms with Crippen LogP contribution in [0.25, 0.3) is 55.5 Å². The van der Waals surface area contributed by atoms with Gasteiger partial charge in [-0.25, -0.2) is 38.7 Å². The molecule has 3 saturated heterocycles. The van der Waals surface area contributed by atoms with Crippen LogP contribution < -0.4 is 16.6 Å². The van der Waals surface area contributed by atoms with Gasteiger partial charge in [0.2, 0.25) is 0 Å². The molecule has 2 aliphatic carbocycles. The van der Waals surface area contributed by atoms with Crippen molar-refractivity contribution in [1.29, 1.82) is 0 Å². The second-order valence-electron chi connectivity index (χ2n) is 20.8. The van der Waals surface area contributed by atoms with Gasteiger partial charge in [0.05, 0.1) is 27.9 Å². The van der Waals surface area contributed by atoms with Crippen molar-refractivity contribution in [3.8, 4) is 11.3 Å². The van der Waals surface area contributed by atoms with Crippen LogP contribution in [-0.2, 0) is 9.31 Å². The fraction of sp³-hybridized carbons (Fsp3) is 0.462. The smallest absolute Gasteiger partial charge is 0.441 e. The van der Waals surface area contributed by atoms with E-state index in [2.05, 4.69) is 60.6 Å². The van der Waals surface area contributed by atoms with Crippen LogP contribution in [0.4, 0.5) is 8.78 Å². The largest absolute Gasteiger partial charge is 0.495 e. The normalized spacial score (nSPS) is 19.8. The van der Waals surface area contributed by atoms with Crippen molar-refractivity contribution in [1.82, 2.24) is 49.7 Å². The second-order valence-corrected chi connectivity index (χ2v) is 21.6. The number of fused-ring (bicyclic) bond motifs is 4. The Labute approximate surface area is 422 Å². The fourth-order valence-electron chi connectivity index (χ4n) is 10.0. The highest BCUT2D eigenvalue weighted by Gasteiger charge is 2.52. The van der Waals surface area contributed by atoms with Crippen LogP contribution in [0.2, 0.25) is 0 Å². The Kier molecular flexibility index (Phi) is 12.7. The van der Waals surface area contributed by atoms with Gasteiger partial charge < -0.3 is 37.9 Å². The number of aryl methyl sites for hydroxylation is 2. The number of oxazole rings is 2. The summed E-state index contributed by atoms with van der Waals surface area (Å²) in [6.45, 7) is 15.6. The summed E-state index contributed by atoms with van der Waals surface area (Å²) >= 11 is 3.29. The minimum atomic E-state index is -0.607. The Morgan fingerprint density at radius 1 is 0.597 bits per heavy atom. The molecule has 72 heavy (non-hydrogen) atoms. The predicted molar refractivity (Wildman–Crippen MR) is 273 cm³/mol. The number of likely N-dealkylation sites (tertiary alicyclic amines) is 2. The van der Waals surface area contributed by atoms with E-state index >= 15 is 0 Å². The standard InChI is InChI=1S/C23H22FN5O2.C15H17BrN4O.C14H17BFNO3/c1-12-25-20-16(24)10-14(11-19(20)31-12)17-4-5-18-21(26-17)23(30)28-22(27-18)13-6-8-29(9-7-13)15-2-3-15;16-12-4-3-11-13(18-12)15(21)19-14(17-11)9-5-7-20(8-6-9)10-1-2-10;1-8-17-12-10(16)6-9(7-11(12)18-8)15-19-13(2,3)14(4,5)20-15/h4-5,10-11,13,15H,2-3,6-9H2,1H3,(H,27,28,30);3-4,9-10H,1-2,5-8H2,(H,17,19,21);6-7H,1-5H3. The van der Waals surface area contributed by atoms with Gasteiger partial charge in [0.1, 0.15) is 27.3 Å². The number of halogens is 3. The summed E-state index contributed by atoms with van der Waals surface area (Å²) in [4.78, 5) is 62.1. The first-order valence-electron chi connectivity index (χ1n) is 24.9. The van der Waals surface area contributed by atoms with Gasteiger partial charge in [0.15, 0.2) is 45.6 Å². The number of pyridine rings is 2. The number of piperidine rings is 2. The molecular formula is C52H56BBrF2N10O6. The number of H-pyrrole nitrogens is 2. The number of rotatable bonds is 6. The summed E-state index contributed by atoms with van der Waals surface area (Å²) in [7, 11) is -0.607. The summed E-state index contributed by atoms with van der Waals surface area (Å²) in [6, 6.07) is 15.0. The molecule has 374 valence electrons. The number of aromatic amines is 2. The van der Waals surface area contributed by atoms with Crippen molar-refractivity contribution in [3.63, 3.8) is 0 Å². The molecule has 0 amide bonds. The van der Waals surface area contributed by atoms with Gasteiger partial charge in [-0.15, -0.1) is 0 Å². The molecule has 9 heterocycles. The molecule has 13 rings (SSSR count). The number of hydrogen-bond acceptors (Lipinski definition) is 14. The second kappa shape index (κ2) is 18.9. The highest BCUT2D eigenvalue weighted by atomic mass is 79.9. The highest BCUT2D eigenvalue weighted by molar-refractivity contribution is 9.10. The maximum atomic E-state index is 14.4. The third-order valence-electron chi connectivity index (χ3n) is 15.0. The zero-order chi connectivity index (χ0) is 50.2. The number of hydrogen-bond donors (Lipinski definition) is 2. The lowest BCUT2D eigenvalue weighted by atomic mass is 9.79. The molecule has 16 nitrogen and oxygen atoms in total. The molecule has 0 spiro atoms. The van der Waals surface area contributed by atoms with Gasteiger partial charge in [-0.1, -0.05) is 0 Å². The number of nitrogens with zero attached hydrogens (tertiary/aromatic N) is 8. The van der Waals surface area contributed by atoms with Crippen molar-refractivity contribution in [2.24, 2.45) is 0 Å². The van der Waals surface area contributed by atoms with E-state index in [1.807, 2.05) is 39.8 Å². The monoisotopic (exact) mass is 1040 g/mol. The van der Waals surface area contributed by atoms with Crippen LogP contribution in [0.1, 0.15) is 114 Å². The molecular weight excluding hydrogens is 989 g/mol. The lowest BCUT2D eigenvalue weighted by molar-refractivity contribution is 0.00578. The molecule has 5 fully saturated rings. The van der Waals surface area contributed by atoms with E-state index in [1.54, 1.807) is 38.1 Å². The van der Waals surface area contributed by atoms with Gasteiger partial charge >= 0.3 is 7.12 Å². The SMILES string of the molecule is Cc1nc2c(F)cc(-c3ccc4nc(C5CCN(C6CC6)CC5)[nH]c(=O)c4n3)cc2o1.Cc1nc2c(F)cc(B3OC(C)(C)C(C)(C)O3)cc2o1.O=c1[nH]c(C2CCN(C3CC3)CC2)nc2ccc(Br)nc12. The van der Waals surface area contributed by atoms with Crippen LogP contribution in [0.5, 0.6) is 0 Å². The van der Waals surface area contributed by atoms with Crippen molar-refractivity contribution in [2.45, 2.75) is 128 Å².